The summed E-state index contributed by atoms with van der Waals surface area (Å²) in [5.41, 5.74) is -0.692. The van der Waals surface area contributed by atoms with E-state index in [4.69, 9.17) is 28.4 Å². The van der Waals surface area contributed by atoms with Crippen LogP contribution < -0.4 is 0 Å². The number of carbonyl (C=O) groups is 7. The lowest BCUT2D eigenvalue weighted by molar-refractivity contribution is -0.260. The SMILES string of the molecule is C=C(C)C(=O)OC1(C(C)C)C2CC3CC(C2)CC1C3.C=C(C)C(=O)OC1(CC)CCCC1.C=C(C)C(=O)OC12CC3CC(O)(CC(O)(C3)C1)C2.C=C(C)C(=O)OC1C2CC3C(=O)OC1C3C2.C=C(C)C(=O)OC1CCOC1=O. The summed E-state index contributed by atoms with van der Waals surface area (Å²) in [7, 11) is 0. The fourth-order valence-electron chi connectivity index (χ4n) is 16.0. The monoisotopic (exact) mass is 1090 g/mol. The number of hydrogen-bond acceptors (Lipinski definition) is 16. The average molecular weight is 1090 g/mol. The average Bonchev–Trinajstić information content (AvgIpc) is 4.30. The van der Waals surface area contributed by atoms with Gasteiger partial charge in [-0.05, 0) is 166 Å². The van der Waals surface area contributed by atoms with Gasteiger partial charge in [0.1, 0.15) is 29.0 Å². The highest BCUT2D eigenvalue weighted by Gasteiger charge is 2.66. The van der Waals surface area contributed by atoms with E-state index in [0.717, 1.165) is 63.2 Å². The van der Waals surface area contributed by atoms with Crippen LogP contribution in [0.15, 0.2) is 60.8 Å². The molecule has 16 nitrogen and oxygen atoms in total. The quantitative estimate of drug-likeness (QED) is 0.105. The maximum absolute atomic E-state index is 12.1. The molecule has 0 radical (unpaired) electrons. The predicted octanol–water partition coefficient (Wildman–Crippen LogP) is 9.57. The summed E-state index contributed by atoms with van der Waals surface area (Å²) in [5.74, 6) is 1.97. The smallest absolute Gasteiger partial charge is 0.347 e. The first-order chi connectivity index (χ1) is 36.4. The first kappa shape index (κ1) is 60.5. The Balaban J connectivity index is 0.000000143. The second kappa shape index (κ2) is 23.6. The molecule has 2 saturated heterocycles. The Bertz CT molecular complexity index is 2380. The highest BCUT2D eigenvalue weighted by molar-refractivity contribution is 5.90. The van der Waals surface area contributed by atoms with Crippen LogP contribution in [0.1, 0.15) is 177 Å². The first-order valence-corrected chi connectivity index (χ1v) is 28.7. The summed E-state index contributed by atoms with van der Waals surface area (Å²) in [6.07, 6.45) is 16.4. The molecular formula is C62H88O16. The Morgan fingerprint density at radius 2 is 1.12 bits per heavy atom. The van der Waals surface area contributed by atoms with Crippen LogP contribution in [0.3, 0.4) is 0 Å². The van der Waals surface area contributed by atoms with Gasteiger partial charge in [0.2, 0.25) is 6.10 Å². The van der Waals surface area contributed by atoms with Crippen molar-refractivity contribution in [3.63, 3.8) is 0 Å². The second-order valence-corrected chi connectivity index (χ2v) is 25.9. The molecule has 2 heterocycles. The number of fused-ring (bicyclic) bond motifs is 1. The molecule has 0 amide bonds. The summed E-state index contributed by atoms with van der Waals surface area (Å²) >= 11 is 0. The number of aliphatic hydroxyl groups is 2. The second-order valence-electron chi connectivity index (χ2n) is 25.9. The maximum Gasteiger partial charge on any atom is 0.347 e. The van der Waals surface area contributed by atoms with Crippen molar-refractivity contribution in [3.05, 3.63) is 60.8 Å². The van der Waals surface area contributed by atoms with Crippen molar-refractivity contribution in [1.82, 2.24) is 0 Å². The number of hydrogen-bond donors (Lipinski definition) is 2. The summed E-state index contributed by atoms with van der Waals surface area (Å²) in [6, 6.07) is 0. The molecule has 2 aliphatic heterocycles. The van der Waals surface area contributed by atoms with Gasteiger partial charge in [-0.2, -0.15) is 0 Å². The fourth-order valence-corrected chi connectivity index (χ4v) is 16.0. The van der Waals surface area contributed by atoms with Gasteiger partial charge >= 0.3 is 41.8 Å². The molecule has 11 aliphatic carbocycles. The molecule has 78 heavy (non-hydrogen) atoms. The molecular weight excluding hydrogens is 1000 g/mol. The molecule has 8 unspecified atom stereocenters. The molecule has 10 bridgehead atoms. The van der Waals surface area contributed by atoms with Crippen LogP contribution >= 0.6 is 0 Å². The van der Waals surface area contributed by atoms with Crippen LogP contribution in [-0.4, -0.2) is 105 Å². The van der Waals surface area contributed by atoms with Gasteiger partial charge in [-0.25, -0.2) is 28.8 Å². The summed E-state index contributed by atoms with van der Waals surface area (Å²) in [5, 5.41) is 21.0. The molecule has 0 aromatic carbocycles. The Hall–Kier alpha value is -5.09. The Labute approximate surface area is 461 Å². The van der Waals surface area contributed by atoms with Crippen molar-refractivity contribution in [1.29, 1.82) is 0 Å². The van der Waals surface area contributed by atoms with E-state index in [0.29, 0.717) is 78.3 Å². The van der Waals surface area contributed by atoms with Crippen molar-refractivity contribution < 1.29 is 76.9 Å². The number of carbonyl (C=O) groups excluding carboxylic acids is 7. The molecule has 16 heteroatoms. The molecule has 8 atom stereocenters. The minimum Gasteiger partial charge on any atom is -0.463 e. The molecule has 13 aliphatic rings. The molecule has 2 N–H and O–H groups in total. The van der Waals surface area contributed by atoms with E-state index in [1.54, 1.807) is 27.7 Å². The lowest BCUT2D eigenvalue weighted by Gasteiger charge is -2.62. The van der Waals surface area contributed by atoms with Crippen molar-refractivity contribution in [2.45, 2.75) is 224 Å². The Morgan fingerprint density at radius 1 is 0.615 bits per heavy atom. The highest BCUT2D eigenvalue weighted by atomic mass is 16.6. The van der Waals surface area contributed by atoms with E-state index in [2.05, 4.69) is 58.4 Å². The van der Waals surface area contributed by atoms with Crippen LogP contribution in [0.25, 0.3) is 0 Å². The Morgan fingerprint density at radius 3 is 1.58 bits per heavy atom. The zero-order valence-electron chi connectivity index (χ0n) is 47.7. The van der Waals surface area contributed by atoms with Crippen LogP contribution in [0.4, 0.5) is 0 Å². The van der Waals surface area contributed by atoms with Gasteiger partial charge in [-0.15, -0.1) is 0 Å². The van der Waals surface area contributed by atoms with E-state index in [9.17, 15) is 43.8 Å². The van der Waals surface area contributed by atoms with Gasteiger partial charge in [0.25, 0.3) is 0 Å². The molecule has 13 rings (SSSR count). The van der Waals surface area contributed by atoms with E-state index < -0.39 is 40.8 Å². The minimum atomic E-state index is -0.858. The molecule has 13 fully saturated rings. The fraction of sp³-hybridized carbons (Fsp3) is 0.726. The van der Waals surface area contributed by atoms with Crippen LogP contribution in [0.5, 0.6) is 0 Å². The summed E-state index contributed by atoms with van der Waals surface area (Å²) in [6.45, 7) is 33.0. The van der Waals surface area contributed by atoms with Gasteiger partial charge in [0.15, 0.2) is 0 Å². The van der Waals surface area contributed by atoms with Crippen molar-refractivity contribution in [2.75, 3.05) is 6.61 Å². The largest absolute Gasteiger partial charge is 0.463 e. The van der Waals surface area contributed by atoms with Crippen LogP contribution in [0, 0.1) is 53.3 Å². The number of esters is 7. The van der Waals surface area contributed by atoms with Gasteiger partial charge in [0, 0.05) is 65.4 Å². The normalized spacial score (nSPS) is 37.5. The van der Waals surface area contributed by atoms with E-state index in [1.165, 1.54) is 51.9 Å². The third-order valence-corrected chi connectivity index (χ3v) is 18.9. The Kier molecular flexibility index (Phi) is 18.3. The summed E-state index contributed by atoms with van der Waals surface area (Å²) in [4.78, 5) is 79.9. The molecule has 432 valence electrons. The van der Waals surface area contributed by atoms with Crippen LogP contribution in [-0.2, 0) is 66.7 Å². The van der Waals surface area contributed by atoms with E-state index >= 15 is 0 Å². The zero-order chi connectivity index (χ0) is 57.4. The third-order valence-electron chi connectivity index (χ3n) is 18.9. The minimum absolute atomic E-state index is 0.0646. The lowest BCUT2D eigenvalue weighted by atomic mass is 9.47. The standard InChI is InChI=1S/C17H26O2.C14H20O4.C12H14O4.C11H18O2.C8H10O4/c1-10(2)16(18)19-17(11(3)4)14-6-12-5-13(8-14)9-15(17)7-12;1-9(2)11(15)18-14-5-10-3-12(16,7-14)6-13(17,4-10)8-14;1-5(2)11(13)15-9-6-3-7-8(4-6)12(14)16-10(7)9;1-4-11(7-5-6-8-11)13-10(12)9(2)3;1-5(2)7(9)12-6-3-4-11-8(6)10/h11-15H,1,5-9H2,2-4H3;10,16-17H,1,3-8H2,2H3;6-10H,1,3-4H2,2H3;2,4-8H2,1,3H3;6H,1,3-4H2,2H3. The molecule has 0 spiro atoms. The van der Waals surface area contributed by atoms with Gasteiger partial charge in [-0.1, -0.05) is 53.7 Å². The van der Waals surface area contributed by atoms with Gasteiger partial charge in [-0.3, -0.25) is 4.79 Å². The molecule has 0 aromatic rings. The number of rotatable bonds is 12. The topological polar surface area (TPSA) is 225 Å². The van der Waals surface area contributed by atoms with E-state index in [-0.39, 0.29) is 70.6 Å². The lowest BCUT2D eigenvalue weighted by Crippen LogP contribution is -2.66. The third kappa shape index (κ3) is 13.1. The first-order valence-electron chi connectivity index (χ1n) is 28.7. The van der Waals surface area contributed by atoms with Crippen molar-refractivity contribution >= 4 is 41.8 Å². The molecule has 11 saturated carbocycles. The predicted molar refractivity (Wildman–Crippen MR) is 287 cm³/mol. The molecule has 0 aromatic heterocycles. The highest BCUT2D eigenvalue weighted by Crippen LogP contribution is 2.63. The van der Waals surface area contributed by atoms with E-state index in [1.807, 2.05) is 0 Å². The van der Waals surface area contributed by atoms with Gasteiger partial charge in [0.05, 0.1) is 23.7 Å². The van der Waals surface area contributed by atoms with Crippen molar-refractivity contribution in [2.24, 2.45) is 53.3 Å². The zero-order valence-corrected chi connectivity index (χ0v) is 47.7. The van der Waals surface area contributed by atoms with Gasteiger partial charge < -0.3 is 43.4 Å². The summed E-state index contributed by atoms with van der Waals surface area (Å²) < 4.78 is 37.2. The van der Waals surface area contributed by atoms with Crippen LogP contribution in [0.2, 0.25) is 0 Å². The van der Waals surface area contributed by atoms with Crippen molar-refractivity contribution in [3.8, 4) is 0 Å². The maximum atomic E-state index is 12.1. The number of cyclic esters (lactones) is 1. The number of ether oxygens (including phenoxy) is 7.